The van der Waals surface area contributed by atoms with Crippen molar-refractivity contribution in [1.82, 2.24) is 0 Å². The van der Waals surface area contributed by atoms with Crippen LogP contribution in [-0.4, -0.2) is 0 Å². The zero-order valence-corrected chi connectivity index (χ0v) is 6.79. The zero-order valence-electron chi connectivity index (χ0n) is 6.79. The first kappa shape index (κ1) is 7.75. The molecule has 0 amide bonds. The van der Waals surface area contributed by atoms with E-state index in [0.29, 0.717) is 10.9 Å². The van der Waals surface area contributed by atoms with Crippen molar-refractivity contribution in [2.45, 2.75) is 0 Å². The number of nitriles is 1. The number of hydrogen-bond acceptors (Lipinski definition) is 1. The van der Waals surface area contributed by atoms with Gasteiger partial charge in [0, 0.05) is 5.39 Å². The van der Waals surface area contributed by atoms with Crippen LogP contribution in [0.25, 0.3) is 10.8 Å². The van der Waals surface area contributed by atoms with E-state index >= 15 is 0 Å². The van der Waals surface area contributed by atoms with Crippen LogP contribution in [0.4, 0.5) is 4.39 Å². The molecule has 0 bridgehead atoms. The zero-order chi connectivity index (χ0) is 9.26. The monoisotopic (exact) mass is 171 g/mol. The van der Waals surface area contributed by atoms with Gasteiger partial charge in [0.15, 0.2) is 0 Å². The van der Waals surface area contributed by atoms with Crippen molar-refractivity contribution in [3.05, 3.63) is 47.8 Å². The Hall–Kier alpha value is -1.88. The fourth-order valence-electron chi connectivity index (χ4n) is 1.33. The standard InChI is InChI=1S/C11H6FN/c12-11-6-8(7-13)5-9-3-1-2-4-10(9)11/h1-6H. The number of rotatable bonds is 0. The highest BCUT2D eigenvalue weighted by atomic mass is 19.1. The summed E-state index contributed by atoms with van der Waals surface area (Å²) in [5.74, 6) is -0.338. The van der Waals surface area contributed by atoms with E-state index in [4.69, 9.17) is 5.26 Å². The van der Waals surface area contributed by atoms with E-state index in [9.17, 15) is 4.39 Å². The molecule has 0 fully saturated rings. The van der Waals surface area contributed by atoms with Crippen molar-refractivity contribution < 1.29 is 4.39 Å². The Labute approximate surface area is 75.0 Å². The summed E-state index contributed by atoms with van der Waals surface area (Å²) in [7, 11) is 0. The van der Waals surface area contributed by atoms with Gasteiger partial charge in [0.25, 0.3) is 0 Å². The minimum Gasteiger partial charge on any atom is -0.206 e. The maximum Gasteiger partial charge on any atom is 0.132 e. The molecule has 0 radical (unpaired) electrons. The highest BCUT2D eigenvalue weighted by molar-refractivity contribution is 5.84. The minimum absolute atomic E-state index is 0.338. The average molecular weight is 171 g/mol. The molecule has 0 unspecified atom stereocenters. The summed E-state index contributed by atoms with van der Waals surface area (Å²) in [6, 6.07) is 11.9. The van der Waals surface area contributed by atoms with Crippen molar-refractivity contribution in [2.75, 3.05) is 0 Å². The number of nitrogens with zero attached hydrogens (tertiary/aromatic N) is 1. The highest BCUT2D eigenvalue weighted by Crippen LogP contribution is 2.18. The van der Waals surface area contributed by atoms with Gasteiger partial charge in [-0.2, -0.15) is 5.26 Å². The third-order valence-corrected chi connectivity index (χ3v) is 1.94. The molecule has 0 aromatic heterocycles. The Morgan fingerprint density at radius 2 is 1.92 bits per heavy atom. The van der Waals surface area contributed by atoms with Gasteiger partial charge in [0.1, 0.15) is 5.82 Å². The van der Waals surface area contributed by atoms with Gasteiger partial charge in [-0.1, -0.05) is 24.3 Å². The summed E-state index contributed by atoms with van der Waals surface area (Å²) in [4.78, 5) is 0. The normalized spacial score (nSPS) is 9.85. The molecule has 0 heterocycles. The summed E-state index contributed by atoms with van der Waals surface area (Å²) in [5, 5.41) is 9.92. The van der Waals surface area contributed by atoms with Gasteiger partial charge < -0.3 is 0 Å². The van der Waals surface area contributed by atoms with E-state index < -0.39 is 0 Å². The van der Waals surface area contributed by atoms with Gasteiger partial charge in [0.05, 0.1) is 11.6 Å². The van der Waals surface area contributed by atoms with E-state index in [2.05, 4.69) is 0 Å². The second-order valence-corrected chi connectivity index (χ2v) is 2.79. The van der Waals surface area contributed by atoms with Crippen LogP contribution in [0.1, 0.15) is 5.56 Å². The maximum atomic E-state index is 13.3. The van der Waals surface area contributed by atoms with Crippen molar-refractivity contribution in [3.8, 4) is 6.07 Å². The van der Waals surface area contributed by atoms with Gasteiger partial charge >= 0.3 is 0 Å². The largest absolute Gasteiger partial charge is 0.206 e. The predicted octanol–water partition coefficient (Wildman–Crippen LogP) is 2.85. The quantitative estimate of drug-likeness (QED) is 0.597. The summed E-state index contributed by atoms with van der Waals surface area (Å²) in [6.07, 6.45) is 0. The Bertz CT molecular complexity index is 497. The van der Waals surface area contributed by atoms with Crippen molar-refractivity contribution in [3.63, 3.8) is 0 Å². The van der Waals surface area contributed by atoms with Crippen LogP contribution in [0.3, 0.4) is 0 Å². The number of benzene rings is 2. The molecule has 0 atom stereocenters. The van der Waals surface area contributed by atoms with Crippen LogP contribution in [0, 0.1) is 17.1 Å². The van der Waals surface area contributed by atoms with Gasteiger partial charge in [-0.15, -0.1) is 0 Å². The molecule has 0 aliphatic heterocycles. The first-order chi connectivity index (χ1) is 6.31. The maximum absolute atomic E-state index is 13.3. The van der Waals surface area contributed by atoms with Gasteiger partial charge in [-0.05, 0) is 17.5 Å². The Morgan fingerprint density at radius 1 is 1.15 bits per heavy atom. The van der Waals surface area contributed by atoms with E-state index in [1.807, 2.05) is 12.1 Å². The molecule has 0 N–H and O–H groups in total. The van der Waals surface area contributed by atoms with Crippen molar-refractivity contribution in [2.24, 2.45) is 0 Å². The summed E-state index contributed by atoms with van der Waals surface area (Å²) < 4.78 is 13.3. The van der Waals surface area contributed by atoms with E-state index in [-0.39, 0.29) is 5.82 Å². The molecule has 2 aromatic rings. The lowest BCUT2D eigenvalue weighted by Gasteiger charge is -1.98. The summed E-state index contributed by atoms with van der Waals surface area (Å²) in [6.45, 7) is 0. The molecular formula is C11H6FN. The molecule has 2 aromatic carbocycles. The Kier molecular flexibility index (Phi) is 1.71. The second-order valence-electron chi connectivity index (χ2n) is 2.79. The smallest absolute Gasteiger partial charge is 0.132 e. The first-order valence-corrected chi connectivity index (χ1v) is 3.89. The highest BCUT2D eigenvalue weighted by Gasteiger charge is 2.01. The summed E-state index contributed by atoms with van der Waals surface area (Å²) in [5.41, 5.74) is 0.358. The molecule has 0 saturated carbocycles. The second kappa shape index (κ2) is 2.87. The van der Waals surface area contributed by atoms with Crippen LogP contribution in [0.5, 0.6) is 0 Å². The average Bonchev–Trinajstić information content (AvgIpc) is 2.18. The Morgan fingerprint density at radius 3 is 2.69 bits per heavy atom. The van der Waals surface area contributed by atoms with Crippen LogP contribution in [0.2, 0.25) is 0 Å². The molecule has 0 aliphatic carbocycles. The van der Waals surface area contributed by atoms with Crippen molar-refractivity contribution in [1.29, 1.82) is 5.26 Å². The Balaban J connectivity index is 2.86. The molecule has 62 valence electrons. The minimum atomic E-state index is -0.338. The van der Waals surface area contributed by atoms with E-state index in [1.165, 1.54) is 6.07 Å². The van der Waals surface area contributed by atoms with Gasteiger partial charge in [-0.3, -0.25) is 0 Å². The summed E-state index contributed by atoms with van der Waals surface area (Å²) >= 11 is 0. The van der Waals surface area contributed by atoms with E-state index in [0.717, 1.165) is 5.39 Å². The lowest BCUT2D eigenvalue weighted by atomic mass is 10.1. The number of fused-ring (bicyclic) bond motifs is 1. The fraction of sp³-hybridized carbons (Fsp3) is 0. The molecule has 2 heteroatoms. The van der Waals surface area contributed by atoms with Crippen molar-refractivity contribution >= 4 is 10.8 Å². The predicted molar refractivity (Wildman–Crippen MR) is 48.6 cm³/mol. The van der Waals surface area contributed by atoms with E-state index in [1.54, 1.807) is 24.3 Å². The molecule has 2 rings (SSSR count). The number of hydrogen-bond donors (Lipinski definition) is 0. The molecule has 13 heavy (non-hydrogen) atoms. The SMILES string of the molecule is N#Cc1cc(F)c2ccccc2c1. The molecule has 1 nitrogen and oxygen atoms in total. The number of halogens is 1. The molecule has 0 aliphatic rings. The molecule has 0 saturated heterocycles. The van der Waals surface area contributed by atoms with Gasteiger partial charge in [-0.25, -0.2) is 4.39 Å². The van der Waals surface area contributed by atoms with Gasteiger partial charge in [0.2, 0.25) is 0 Å². The van der Waals surface area contributed by atoms with Crippen LogP contribution in [0.15, 0.2) is 36.4 Å². The van der Waals surface area contributed by atoms with Crippen LogP contribution < -0.4 is 0 Å². The molecular weight excluding hydrogens is 165 g/mol. The van der Waals surface area contributed by atoms with Crippen LogP contribution >= 0.6 is 0 Å². The topological polar surface area (TPSA) is 23.8 Å². The third kappa shape index (κ3) is 1.25. The first-order valence-electron chi connectivity index (χ1n) is 3.89. The lowest BCUT2D eigenvalue weighted by Crippen LogP contribution is -1.82. The van der Waals surface area contributed by atoms with Crippen LogP contribution in [-0.2, 0) is 0 Å². The lowest BCUT2D eigenvalue weighted by molar-refractivity contribution is 0.639. The third-order valence-electron chi connectivity index (χ3n) is 1.94. The fourth-order valence-corrected chi connectivity index (χ4v) is 1.33. The molecule has 0 spiro atoms.